The standard InChI is InChI=1S/C15H16O4S/c1-3-19-15(18)14(17)13-8-6-12(7-9-13)5-4-10-20-11(2)16/h4-9H,3,10H2,1-2H3. The molecular weight excluding hydrogens is 276 g/mol. The van der Waals surface area contributed by atoms with Crippen LogP contribution in [0.4, 0.5) is 0 Å². The second-order valence-corrected chi connectivity index (χ2v) is 5.07. The number of Topliss-reactive ketones (excluding diaryl/α,β-unsaturated/α-hetero) is 1. The van der Waals surface area contributed by atoms with Crippen molar-refractivity contribution in [3.63, 3.8) is 0 Å². The molecule has 0 spiro atoms. The molecule has 5 heteroatoms. The van der Waals surface area contributed by atoms with Crippen molar-refractivity contribution in [2.75, 3.05) is 12.4 Å². The lowest BCUT2D eigenvalue weighted by atomic mass is 10.1. The Morgan fingerprint density at radius 1 is 1.20 bits per heavy atom. The number of carbonyl (C=O) groups is 3. The fourth-order valence-electron chi connectivity index (χ4n) is 1.41. The van der Waals surface area contributed by atoms with Crippen molar-refractivity contribution in [2.24, 2.45) is 0 Å². The van der Waals surface area contributed by atoms with E-state index in [2.05, 4.69) is 4.74 Å². The van der Waals surface area contributed by atoms with E-state index < -0.39 is 11.8 Å². The fourth-order valence-corrected chi connectivity index (χ4v) is 1.84. The SMILES string of the molecule is CCOC(=O)C(=O)c1ccc(C=CCSC(C)=O)cc1. The van der Waals surface area contributed by atoms with Crippen LogP contribution in [0.1, 0.15) is 29.8 Å². The highest BCUT2D eigenvalue weighted by molar-refractivity contribution is 8.13. The topological polar surface area (TPSA) is 60.4 Å². The molecule has 0 bridgehead atoms. The highest BCUT2D eigenvalue weighted by Crippen LogP contribution is 2.09. The van der Waals surface area contributed by atoms with Crippen LogP contribution in [0.25, 0.3) is 6.08 Å². The highest BCUT2D eigenvalue weighted by atomic mass is 32.2. The van der Waals surface area contributed by atoms with Crippen molar-refractivity contribution in [2.45, 2.75) is 13.8 Å². The summed E-state index contributed by atoms with van der Waals surface area (Å²) >= 11 is 1.23. The zero-order valence-electron chi connectivity index (χ0n) is 11.4. The zero-order valence-corrected chi connectivity index (χ0v) is 12.2. The van der Waals surface area contributed by atoms with E-state index in [1.807, 2.05) is 12.2 Å². The van der Waals surface area contributed by atoms with E-state index in [1.165, 1.54) is 18.7 Å². The Bertz CT molecular complexity index is 517. The van der Waals surface area contributed by atoms with Gasteiger partial charge in [0.25, 0.3) is 5.78 Å². The van der Waals surface area contributed by atoms with Gasteiger partial charge in [-0.1, -0.05) is 48.2 Å². The molecule has 0 saturated carbocycles. The first-order valence-electron chi connectivity index (χ1n) is 6.16. The minimum Gasteiger partial charge on any atom is -0.460 e. The Labute approximate surface area is 122 Å². The fraction of sp³-hybridized carbons (Fsp3) is 0.267. The monoisotopic (exact) mass is 292 g/mol. The minimum atomic E-state index is -0.839. The van der Waals surface area contributed by atoms with Crippen LogP contribution >= 0.6 is 11.8 Å². The van der Waals surface area contributed by atoms with Crippen molar-refractivity contribution < 1.29 is 19.1 Å². The largest absolute Gasteiger partial charge is 0.460 e. The maximum Gasteiger partial charge on any atom is 0.379 e. The first kappa shape index (κ1) is 16.2. The Balaban J connectivity index is 2.62. The van der Waals surface area contributed by atoms with Gasteiger partial charge in [-0.05, 0) is 12.5 Å². The summed E-state index contributed by atoms with van der Waals surface area (Å²) in [5.74, 6) is -0.873. The summed E-state index contributed by atoms with van der Waals surface area (Å²) in [5.41, 5.74) is 1.20. The summed E-state index contributed by atoms with van der Waals surface area (Å²) in [6, 6.07) is 6.64. The van der Waals surface area contributed by atoms with Crippen molar-refractivity contribution in [1.82, 2.24) is 0 Å². The average Bonchev–Trinajstić information content (AvgIpc) is 2.43. The van der Waals surface area contributed by atoms with Gasteiger partial charge in [-0.25, -0.2) is 4.79 Å². The van der Waals surface area contributed by atoms with E-state index in [0.717, 1.165) is 5.56 Å². The molecule has 0 aromatic heterocycles. The molecule has 0 fully saturated rings. The van der Waals surface area contributed by atoms with Crippen molar-refractivity contribution in [3.8, 4) is 0 Å². The van der Waals surface area contributed by atoms with Gasteiger partial charge in [0.1, 0.15) is 0 Å². The van der Waals surface area contributed by atoms with Gasteiger partial charge < -0.3 is 4.74 Å². The number of hydrogen-bond donors (Lipinski definition) is 0. The number of rotatable bonds is 6. The molecule has 0 aliphatic rings. The summed E-state index contributed by atoms with van der Waals surface area (Å²) < 4.78 is 4.65. The maximum absolute atomic E-state index is 11.6. The van der Waals surface area contributed by atoms with E-state index in [-0.39, 0.29) is 11.7 Å². The van der Waals surface area contributed by atoms with Crippen LogP contribution in [0.5, 0.6) is 0 Å². The number of ether oxygens (including phenoxy) is 1. The second kappa shape index (κ2) is 8.32. The molecule has 1 aromatic carbocycles. The molecule has 0 saturated heterocycles. The Hall–Kier alpha value is -1.88. The predicted octanol–water partition coefficient (Wildman–Crippen LogP) is 2.73. The first-order valence-corrected chi connectivity index (χ1v) is 7.14. The van der Waals surface area contributed by atoms with Crippen LogP contribution < -0.4 is 0 Å². The lowest BCUT2D eigenvalue weighted by Crippen LogP contribution is -2.17. The Morgan fingerprint density at radius 3 is 2.40 bits per heavy atom. The van der Waals surface area contributed by atoms with Gasteiger partial charge in [0.2, 0.25) is 0 Å². The molecule has 0 heterocycles. The first-order chi connectivity index (χ1) is 9.54. The van der Waals surface area contributed by atoms with E-state index >= 15 is 0 Å². The molecule has 0 aliphatic carbocycles. The summed E-state index contributed by atoms with van der Waals surface area (Å²) in [4.78, 5) is 33.7. The van der Waals surface area contributed by atoms with Gasteiger partial charge in [-0.3, -0.25) is 9.59 Å². The molecule has 1 aromatic rings. The van der Waals surface area contributed by atoms with Gasteiger partial charge in [0, 0.05) is 18.2 Å². The van der Waals surface area contributed by atoms with Crippen LogP contribution in [0.3, 0.4) is 0 Å². The molecule has 1 rings (SSSR count). The molecular formula is C15H16O4S. The number of thioether (sulfide) groups is 1. The summed E-state index contributed by atoms with van der Waals surface area (Å²) in [6.45, 7) is 3.35. The van der Waals surface area contributed by atoms with Crippen LogP contribution in [0, 0.1) is 0 Å². The molecule has 0 N–H and O–H groups in total. The number of benzene rings is 1. The molecule has 20 heavy (non-hydrogen) atoms. The van der Waals surface area contributed by atoms with Gasteiger partial charge in [0.15, 0.2) is 5.12 Å². The Kier molecular flexibility index (Phi) is 6.73. The van der Waals surface area contributed by atoms with E-state index in [1.54, 1.807) is 31.2 Å². The molecule has 106 valence electrons. The van der Waals surface area contributed by atoms with Crippen LogP contribution in [0.15, 0.2) is 30.3 Å². The number of hydrogen-bond acceptors (Lipinski definition) is 5. The van der Waals surface area contributed by atoms with Gasteiger partial charge in [-0.2, -0.15) is 0 Å². The van der Waals surface area contributed by atoms with Crippen LogP contribution in [-0.2, 0) is 14.3 Å². The smallest absolute Gasteiger partial charge is 0.379 e. The number of esters is 1. The normalized spacial score (nSPS) is 10.5. The summed E-state index contributed by atoms with van der Waals surface area (Å²) in [6.07, 6.45) is 3.73. The maximum atomic E-state index is 11.6. The summed E-state index contributed by atoms with van der Waals surface area (Å²) in [5, 5.41) is 0.0741. The molecule has 4 nitrogen and oxygen atoms in total. The number of carbonyl (C=O) groups excluding carboxylic acids is 3. The van der Waals surface area contributed by atoms with Gasteiger partial charge >= 0.3 is 5.97 Å². The van der Waals surface area contributed by atoms with Gasteiger partial charge in [-0.15, -0.1) is 0 Å². The van der Waals surface area contributed by atoms with Gasteiger partial charge in [0.05, 0.1) is 6.61 Å². The van der Waals surface area contributed by atoms with Crippen molar-refractivity contribution in [3.05, 3.63) is 41.5 Å². The van der Waals surface area contributed by atoms with E-state index in [9.17, 15) is 14.4 Å². The second-order valence-electron chi connectivity index (χ2n) is 3.88. The molecule has 0 amide bonds. The van der Waals surface area contributed by atoms with Crippen molar-refractivity contribution in [1.29, 1.82) is 0 Å². The zero-order chi connectivity index (χ0) is 15.0. The molecule has 0 aliphatic heterocycles. The summed E-state index contributed by atoms with van der Waals surface area (Å²) in [7, 11) is 0. The van der Waals surface area contributed by atoms with E-state index in [4.69, 9.17) is 0 Å². The third-order valence-electron chi connectivity index (χ3n) is 2.33. The quantitative estimate of drug-likeness (QED) is 0.458. The lowest BCUT2D eigenvalue weighted by Gasteiger charge is -2.01. The lowest BCUT2D eigenvalue weighted by molar-refractivity contribution is -0.137. The van der Waals surface area contributed by atoms with Crippen LogP contribution in [0.2, 0.25) is 0 Å². The Morgan fingerprint density at radius 2 is 1.85 bits per heavy atom. The molecule has 0 atom stereocenters. The third kappa shape index (κ3) is 5.40. The predicted molar refractivity (Wildman–Crippen MR) is 79.6 cm³/mol. The van der Waals surface area contributed by atoms with E-state index in [0.29, 0.717) is 11.3 Å². The molecule has 0 unspecified atom stereocenters. The van der Waals surface area contributed by atoms with Crippen LogP contribution in [-0.4, -0.2) is 29.2 Å². The minimum absolute atomic E-state index is 0.0741. The average molecular weight is 292 g/mol. The highest BCUT2D eigenvalue weighted by Gasteiger charge is 2.16. The molecule has 0 radical (unpaired) electrons. The number of ketones is 1. The third-order valence-corrected chi connectivity index (χ3v) is 3.09. The van der Waals surface area contributed by atoms with Crippen molar-refractivity contribution >= 4 is 34.7 Å².